The second-order valence-electron chi connectivity index (χ2n) is 12.4. The molecule has 0 heterocycles. The number of hydrogen-bond acceptors (Lipinski definition) is 6. The van der Waals surface area contributed by atoms with Crippen molar-refractivity contribution in [2.24, 2.45) is 46.3 Å². The van der Waals surface area contributed by atoms with Gasteiger partial charge in [0.15, 0.2) is 0 Å². The van der Waals surface area contributed by atoms with Crippen LogP contribution >= 0.6 is 0 Å². The Morgan fingerprint density at radius 2 is 1.82 bits per heavy atom. The molecule has 0 aromatic rings. The Morgan fingerprint density at radius 3 is 2.50 bits per heavy atom. The molecule has 0 bridgehead atoms. The highest BCUT2D eigenvalue weighted by atomic mass is 16.4. The Bertz CT molecular complexity index is 826. The maximum Gasteiger partial charge on any atom is 0.322 e. The van der Waals surface area contributed by atoms with Gasteiger partial charge in [0.2, 0.25) is 0 Å². The van der Waals surface area contributed by atoms with E-state index in [9.17, 15) is 24.9 Å². The fourth-order valence-electron chi connectivity index (χ4n) is 9.06. The molecule has 5 N–H and O–H groups in total. The first-order valence-electron chi connectivity index (χ1n) is 13.3. The molecule has 0 saturated heterocycles. The van der Waals surface area contributed by atoms with Crippen molar-refractivity contribution in [3.63, 3.8) is 0 Å². The van der Waals surface area contributed by atoms with Gasteiger partial charge in [0.1, 0.15) is 12.5 Å². The molecule has 0 amide bonds. The van der Waals surface area contributed by atoms with E-state index in [0.717, 1.165) is 44.9 Å². The number of rotatable bonds is 7. The molecule has 11 atom stereocenters. The van der Waals surface area contributed by atoms with Crippen LogP contribution in [0.5, 0.6) is 0 Å². The van der Waals surface area contributed by atoms with Gasteiger partial charge in [0, 0.05) is 0 Å². The number of fused-ring (bicyclic) bond motifs is 5. The largest absolute Gasteiger partial charge is 0.480 e. The van der Waals surface area contributed by atoms with Crippen LogP contribution in [0, 0.1) is 46.3 Å². The molecule has 0 radical (unpaired) electrons. The molecule has 4 aliphatic rings. The van der Waals surface area contributed by atoms with Crippen LogP contribution in [-0.4, -0.2) is 57.2 Å². The van der Waals surface area contributed by atoms with Gasteiger partial charge in [-0.15, -0.1) is 0 Å². The monoisotopic (exact) mass is 477 g/mol. The molecule has 4 aliphatic carbocycles. The van der Waals surface area contributed by atoms with E-state index in [1.165, 1.54) is 0 Å². The number of allylic oxidation sites excluding steroid dienone is 1. The van der Waals surface area contributed by atoms with E-state index in [4.69, 9.17) is 5.11 Å². The van der Waals surface area contributed by atoms with Gasteiger partial charge in [-0.1, -0.05) is 20.8 Å². The van der Waals surface area contributed by atoms with Crippen LogP contribution in [0.15, 0.2) is 5.70 Å². The fraction of sp³-hybridized carbons (Fsp3) is 0.889. The number of aliphatic carboxylic acids is 1. The number of carboxylic acids is 1. The molecule has 7 nitrogen and oxygen atoms in total. The summed E-state index contributed by atoms with van der Waals surface area (Å²) >= 11 is 0. The lowest BCUT2D eigenvalue weighted by molar-refractivity contribution is -0.207. The van der Waals surface area contributed by atoms with E-state index in [2.05, 4.69) is 26.1 Å². The Balaban J connectivity index is 1.50. The van der Waals surface area contributed by atoms with Crippen LogP contribution in [0.2, 0.25) is 0 Å². The summed E-state index contributed by atoms with van der Waals surface area (Å²) in [7, 11) is 0. The number of aliphatic hydroxyl groups is 3. The van der Waals surface area contributed by atoms with Crippen LogP contribution in [0.1, 0.15) is 78.6 Å². The molecule has 4 rings (SSSR count). The average Bonchev–Trinajstić information content (AvgIpc) is 3.14. The molecule has 192 valence electrons. The lowest BCUT2D eigenvalue weighted by Crippen LogP contribution is -2.62. The number of nitrogens with one attached hydrogen (secondary N) is 1. The number of carboxylic acid groups (broad SMARTS) is 1. The van der Waals surface area contributed by atoms with E-state index in [0.29, 0.717) is 24.5 Å². The summed E-state index contributed by atoms with van der Waals surface area (Å²) in [5.41, 5.74) is 0.0759. The Labute approximate surface area is 203 Å². The first kappa shape index (κ1) is 25.7. The van der Waals surface area contributed by atoms with Crippen molar-refractivity contribution in [3.05, 3.63) is 5.70 Å². The molecule has 0 aromatic carbocycles. The van der Waals surface area contributed by atoms with Crippen molar-refractivity contribution >= 4 is 11.9 Å². The van der Waals surface area contributed by atoms with Gasteiger partial charge in [0.25, 0.3) is 0 Å². The molecule has 7 heteroatoms. The van der Waals surface area contributed by atoms with Crippen LogP contribution < -0.4 is 5.32 Å². The molecule has 0 aliphatic heterocycles. The van der Waals surface area contributed by atoms with Crippen molar-refractivity contribution in [1.29, 1.82) is 0 Å². The van der Waals surface area contributed by atoms with Crippen LogP contribution in [0.3, 0.4) is 0 Å². The van der Waals surface area contributed by atoms with Gasteiger partial charge in [-0.25, -0.2) is 4.79 Å². The number of carbonyl (C=O) groups is 1. The summed E-state index contributed by atoms with van der Waals surface area (Å²) in [5, 5.41) is 44.8. The molecular weight excluding hydrogens is 434 g/mol. The van der Waals surface area contributed by atoms with Crippen LogP contribution in [-0.2, 0) is 9.59 Å². The van der Waals surface area contributed by atoms with E-state index < -0.39 is 12.1 Å². The van der Waals surface area contributed by atoms with Gasteiger partial charge in [-0.05, 0) is 104 Å². The maximum atomic E-state index is 11.6. The second kappa shape index (κ2) is 9.57. The van der Waals surface area contributed by atoms with Gasteiger partial charge in [-0.2, -0.15) is 0 Å². The molecule has 0 aromatic heterocycles. The van der Waals surface area contributed by atoms with E-state index >= 15 is 0 Å². The minimum atomic E-state index is -1.01. The summed E-state index contributed by atoms with van der Waals surface area (Å²) in [4.78, 5) is 22.1. The number of aliphatic hydroxyl groups excluding tert-OH is 3. The third-order valence-electron chi connectivity index (χ3n) is 10.9. The topological polar surface area (TPSA) is 127 Å². The standard InChI is InChI=1S/C27H43NO6/c1-15(4-5-17(14-29)28-13-24(33)34)19-6-7-20-25-21(12-23(32)27(19,20)3)26(2)9-8-18(30)10-16(26)11-22(25)31/h15-16,18-23,25,28,30-32H,4-13H2,1-3H3,(H,33,34)/t15?,16?,18?,19-,20+,21+,22?,23?,25+,26+,27-/m1/s1. The number of hydrogen-bond donors (Lipinski definition) is 5. The SMILES string of the molecule is CC(CCC(=C=O)NCC(=O)O)[C@H]1CC[C@H]2[C@@H]3C(O)CC4CC(O)CC[C@]4(C)[C@H]3CC(O)[C@]12C. The Morgan fingerprint density at radius 1 is 1.09 bits per heavy atom. The summed E-state index contributed by atoms with van der Waals surface area (Å²) in [6.45, 7) is 6.44. The zero-order valence-corrected chi connectivity index (χ0v) is 20.9. The highest BCUT2D eigenvalue weighted by molar-refractivity contribution is 5.70. The van der Waals surface area contributed by atoms with Crippen molar-refractivity contribution in [3.8, 4) is 0 Å². The second-order valence-corrected chi connectivity index (χ2v) is 12.4. The minimum Gasteiger partial charge on any atom is -0.480 e. The molecular formula is C27H43NO6. The normalized spacial score (nSPS) is 46.4. The molecule has 5 unspecified atom stereocenters. The van der Waals surface area contributed by atoms with Gasteiger partial charge < -0.3 is 25.7 Å². The van der Waals surface area contributed by atoms with Gasteiger partial charge in [0.05, 0.1) is 24.0 Å². The third kappa shape index (κ3) is 4.23. The Hall–Kier alpha value is -1.40. The Kier molecular flexibility index (Phi) is 7.23. The summed E-state index contributed by atoms with van der Waals surface area (Å²) in [6, 6.07) is 0. The maximum absolute atomic E-state index is 11.6. The van der Waals surface area contributed by atoms with Crippen molar-refractivity contribution in [2.75, 3.05) is 6.54 Å². The van der Waals surface area contributed by atoms with Crippen LogP contribution in [0.4, 0.5) is 0 Å². The average molecular weight is 478 g/mol. The van der Waals surface area contributed by atoms with Crippen molar-refractivity contribution in [1.82, 2.24) is 5.32 Å². The molecule has 4 saturated carbocycles. The van der Waals surface area contributed by atoms with E-state index in [1.54, 1.807) is 0 Å². The van der Waals surface area contributed by atoms with E-state index in [-0.39, 0.29) is 59.2 Å². The van der Waals surface area contributed by atoms with Crippen molar-refractivity contribution in [2.45, 2.75) is 96.9 Å². The highest BCUT2D eigenvalue weighted by Gasteiger charge is 2.65. The van der Waals surface area contributed by atoms with Gasteiger partial charge in [-0.3, -0.25) is 4.79 Å². The zero-order chi connectivity index (χ0) is 24.8. The fourth-order valence-corrected chi connectivity index (χ4v) is 9.06. The molecule has 0 spiro atoms. The first-order valence-corrected chi connectivity index (χ1v) is 13.3. The van der Waals surface area contributed by atoms with Crippen molar-refractivity contribution < 1.29 is 30.0 Å². The highest BCUT2D eigenvalue weighted by Crippen LogP contribution is 2.68. The molecule has 4 fully saturated rings. The minimum absolute atomic E-state index is 0.0641. The summed E-state index contributed by atoms with van der Waals surface area (Å²) in [6.07, 6.45) is 6.07. The predicted octanol–water partition coefficient (Wildman–Crippen LogP) is 2.75. The first-order chi connectivity index (χ1) is 16.0. The summed E-state index contributed by atoms with van der Waals surface area (Å²) in [5.74, 6) is 2.41. The summed E-state index contributed by atoms with van der Waals surface area (Å²) < 4.78 is 0. The lowest BCUT2D eigenvalue weighted by Gasteiger charge is -2.63. The third-order valence-corrected chi connectivity index (χ3v) is 10.9. The zero-order valence-electron chi connectivity index (χ0n) is 20.9. The smallest absolute Gasteiger partial charge is 0.322 e. The van der Waals surface area contributed by atoms with Crippen LogP contribution in [0.25, 0.3) is 0 Å². The quantitative estimate of drug-likeness (QED) is 0.357. The van der Waals surface area contributed by atoms with Gasteiger partial charge >= 0.3 is 5.97 Å². The number of carbonyl (C=O) groups excluding carboxylic acids is 1. The van der Waals surface area contributed by atoms with E-state index in [1.807, 2.05) is 5.94 Å². The molecule has 34 heavy (non-hydrogen) atoms. The predicted molar refractivity (Wildman–Crippen MR) is 127 cm³/mol. The lowest BCUT2D eigenvalue weighted by atomic mass is 9.43.